The first kappa shape index (κ1) is 9.84. The highest BCUT2D eigenvalue weighted by Gasteiger charge is 1.97. The lowest BCUT2D eigenvalue weighted by atomic mass is 10.4. The zero-order valence-electron chi connectivity index (χ0n) is 8.53. The van der Waals surface area contributed by atoms with Crippen molar-refractivity contribution in [2.24, 2.45) is 7.05 Å². The monoisotopic (exact) mass is 181 g/mol. The normalized spacial score (nSPS) is 9.77. The maximum Gasteiger partial charge on any atom is 0.243 e. The summed E-state index contributed by atoms with van der Waals surface area (Å²) in [5.41, 5.74) is 1.19. The molecule has 0 saturated carbocycles. The molecule has 0 atom stereocenters. The zero-order chi connectivity index (χ0) is 9.68. The molecular formula is C10H17N2O+. The summed E-state index contributed by atoms with van der Waals surface area (Å²) in [5.74, 6) is 0. The van der Waals surface area contributed by atoms with Crippen LogP contribution in [0.4, 0.5) is 0 Å². The Hall–Kier alpha value is -1.25. The average molecular weight is 181 g/mol. The van der Waals surface area contributed by atoms with Crippen molar-refractivity contribution in [2.75, 3.05) is 6.61 Å². The van der Waals surface area contributed by atoms with Gasteiger partial charge >= 0.3 is 0 Å². The van der Waals surface area contributed by atoms with Crippen LogP contribution in [0.5, 0.6) is 0 Å². The number of rotatable bonds is 4. The third-order valence-corrected chi connectivity index (χ3v) is 1.61. The van der Waals surface area contributed by atoms with Gasteiger partial charge in [0.15, 0.2) is 0 Å². The molecule has 0 aliphatic rings. The van der Waals surface area contributed by atoms with Gasteiger partial charge in [-0.3, -0.25) is 0 Å². The van der Waals surface area contributed by atoms with E-state index in [1.807, 2.05) is 44.2 Å². The van der Waals surface area contributed by atoms with Crippen molar-refractivity contribution in [3.8, 4) is 0 Å². The molecule has 0 aliphatic carbocycles. The molecule has 3 nitrogen and oxygen atoms in total. The van der Waals surface area contributed by atoms with Gasteiger partial charge in [0.2, 0.25) is 6.33 Å². The summed E-state index contributed by atoms with van der Waals surface area (Å²) in [6, 6.07) is 0. The minimum atomic E-state index is 0.722. The lowest BCUT2D eigenvalue weighted by Crippen LogP contribution is -2.24. The van der Waals surface area contributed by atoms with E-state index < -0.39 is 0 Å². The van der Waals surface area contributed by atoms with Gasteiger partial charge < -0.3 is 4.74 Å². The summed E-state index contributed by atoms with van der Waals surface area (Å²) in [7, 11) is 2.01. The standard InChI is InChI=1S/C10H17N2O/c1-10(2)8-13-7-6-12-5-4-11(3)9-12/h4-5,8-9H,6-7H2,1-3H3/q+1. The van der Waals surface area contributed by atoms with Crippen molar-refractivity contribution in [1.29, 1.82) is 0 Å². The molecule has 0 fully saturated rings. The van der Waals surface area contributed by atoms with Crippen molar-refractivity contribution < 1.29 is 9.30 Å². The summed E-state index contributed by atoms with van der Waals surface area (Å²) >= 11 is 0. The first-order chi connectivity index (χ1) is 6.18. The largest absolute Gasteiger partial charge is 0.497 e. The maximum atomic E-state index is 5.32. The number of imidazole rings is 1. The number of allylic oxidation sites excluding steroid dienone is 1. The van der Waals surface area contributed by atoms with E-state index in [9.17, 15) is 0 Å². The quantitative estimate of drug-likeness (QED) is 0.388. The Bertz CT molecular complexity index is 285. The van der Waals surface area contributed by atoms with Crippen LogP contribution in [0.25, 0.3) is 0 Å². The predicted molar refractivity (Wildman–Crippen MR) is 51.0 cm³/mol. The van der Waals surface area contributed by atoms with Crippen molar-refractivity contribution in [3.05, 3.63) is 30.6 Å². The number of hydrogen-bond acceptors (Lipinski definition) is 1. The molecule has 13 heavy (non-hydrogen) atoms. The molecule has 1 aromatic heterocycles. The third-order valence-electron chi connectivity index (χ3n) is 1.61. The fourth-order valence-corrected chi connectivity index (χ4v) is 1.02. The van der Waals surface area contributed by atoms with Crippen molar-refractivity contribution in [3.63, 3.8) is 0 Å². The van der Waals surface area contributed by atoms with Gasteiger partial charge in [0.1, 0.15) is 25.5 Å². The molecule has 0 bridgehead atoms. The number of aryl methyl sites for hydroxylation is 1. The average Bonchev–Trinajstić information content (AvgIpc) is 2.45. The maximum absolute atomic E-state index is 5.32. The molecule has 0 saturated heterocycles. The van der Waals surface area contributed by atoms with Crippen LogP contribution in [0.2, 0.25) is 0 Å². The second-order valence-electron chi connectivity index (χ2n) is 3.38. The Kier molecular flexibility index (Phi) is 3.55. The van der Waals surface area contributed by atoms with Gasteiger partial charge in [-0.2, -0.15) is 0 Å². The van der Waals surface area contributed by atoms with Gasteiger partial charge in [0.05, 0.1) is 13.3 Å². The third kappa shape index (κ3) is 3.78. The van der Waals surface area contributed by atoms with E-state index in [-0.39, 0.29) is 0 Å². The Balaban J connectivity index is 2.24. The van der Waals surface area contributed by atoms with Gasteiger partial charge in [0.25, 0.3) is 0 Å². The highest BCUT2D eigenvalue weighted by molar-refractivity contribution is 4.86. The zero-order valence-corrected chi connectivity index (χ0v) is 8.53. The first-order valence-corrected chi connectivity index (χ1v) is 4.44. The van der Waals surface area contributed by atoms with Crippen LogP contribution >= 0.6 is 0 Å². The molecule has 0 aliphatic heterocycles. The van der Waals surface area contributed by atoms with E-state index in [0.717, 1.165) is 13.2 Å². The molecule has 0 radical (unpaired) electrons. The second kappa shape index (κ2) is 4.70. The molecule has 1 heterocycles. The molecule has 0 unspecified atom stereocenters. The molecule has 0 spiro atoms. The van der Waals surface area contributed by atoms with Gasteiger partial charge in [-0.25, -0.2) is 9.13 Å². The Morgan fingerprint density at radius 2 is 2.31 bits per heavy atom. The first-order valence-electron chi connectivity index (χ1n) is 4.44. The van der Waals surface area contributed by atoms with Crippen molar-refractivity contribution in [2.45, 2.75) is 20.4 Å². The Labute approximate surface area is 79.3 Å². The Morgan fingerprint density at radius 1 is 1.54 bits per heavy atom. The lowest BCUT2D eigenvalue weighted by Gasteiger charge is -1.98. The van der Waals surface area contributed by atoms with Crippen LogP contribution in [0.15, 0.2) is 30.6 Å². The fourth-order valence-electron chi connectivity index (χ4n) is 1.02. The molecule has 1 aromatic rings. The smallest absolute Gasteiger partial charge is 0.243 e. The predicted octanol–water partition coefficient (Wildman–Crippen LogP) is 1.25. The summed E-state index contributed by atoms with van der Waals surface area (Å²) in [6.07, 6.45) is 7.88. The van der Waals surface area contributed by atoms with Crippen molar-refractivity contribution >= 4 is 0 Å². The highest BCUT2D eigenvalue weighted by Crippen LogP contribution is 1.91. The van der Waals surface area contributed by atoms with Crippen LogP contribution in [0, 0.1) is 0 Å². The summed E-state index contributed by atoms with van der Waals surface area (Å²) < 4.78 is 9.43. The van der Waals surface area contributed by atoms with E-state index in [1.165, 1.54) is 5.57 Å². The van der Waals surface area contributed by atoms with Gasteiger partial charge in [-0.05, 0) is 19.4 Å². The molecule has 1 rings (SSSR count). The fraction of sp³-hybridized carbons (Fsp3) is 0.500. The molecule has 0 amide bonds. The van der Waals surface area contributed by atoms with E-state index in [0.29, 0.717) is 0 Å². The number of hydrogen-bond donors (Lipinski definition) is 0. The van der Waals surface area contributed by atoms with Gasteiger partial charge in [-0.15, -0.1) is 0 Å². The summed E-state index contributed by atoms with van der Waals surface area (Å²) in [5, 5.41) is 0. The van der Waals surface area contributed by atoms with E-state index in [2.05, 4.69) is 4.57 Å². The summed E-state index contributed by atoms with van der Waals surface area (Å²) in [6.45, 7) is 5.66. The number of nitrogens with zero attached hydrogens (tertiary/aromatic N) is 2. The molecular weight excluding hydrogens is 164 g/mol. The topological polar surface area (TPSA) is 18.0 Å². The molecule has 3 heteroatoms. The van der Waals surface area contributed by atoms with Gasteiger partial charge in [-0.1, -0.05) is 0 Å². The molecule has 0 aromatic carbocycles. The molecule has 0 N–H and O–H groups in total. The minimum absolute atomic E-state index is 0.722. The second-order valence-corrected chi connectivity index (χ2v) is 3.38. The Morgan fingerprint density at radius 3 is 2.85 bits per heavy atom. The number of ether oxygens (including phenoxy) is 1. The summed E-state index contributed by atoms with van der Waals surface area (Å²) in [4.78, 5) is 0. The van der Waals surface area contributed by atoms with E-state index in [4.69, 9.17) is 4.74 Å². The van der Waals surface area contributed by atoms with Crippen LogP contribution in [-0.4, -0.2) is 11.2 Å². The van der Waals surface area contributed by atoms with Crippen LogP contribution in [-0.2, 0) is 18.3 Å². The van der Waals surface area contributed by atoms with E-state index in [1.54, 1.807) is 6.26 Å². The van der Waals surface area contributed by atoms with Crippen molar-refractivity contribution in [1.82, 2.24) is 4.57 Å². The van der Waals surface area contributed by atoms with Crippen LogP contribution in [0.3, 0.4) is 0 Å². The van der Waals surface area contributed by atoms with Gasteiger partial charge in [0, 0.05) is 0 Å². The molecule has 72 valence electrons. The number of aromatic nitrogens is 2. The minimum Gasteiger partial charge on any atom is -0.497 e. The van der Waals surface area contributed by atoms with Crippen LogP contribution < -0.4 is 4.57 Å². The van der Waals surface area contributed by atoms with E-state index >= 15 is 0 Å². The highest BCUT2D eigenvalue weighted by atomic mass is 16.5. The van der Waals surface area contributed by atoms with Crippen LogP contribution in [0.1, 0.15) is 13.8 Å². The SMILES string of the molecule is CC(C)=COCCn1cc[n+](C)c1. The lowest BCUT2D eigenvalue weighted by molar-refractivity contribution is -0.671.